The summed E-state index contributed by atoms with van der Waals surface area (Å²) >= 11 is 3.14. The molecule has 0 radical (unpaired) electrons. The number of amides is 1. The number of benzene rings is 1. The minimum atomic E-state index is -1.01. The molecule has 1 aliphatic heterocycles. The van der Waals surface area contributed by atoms with Gasteiger partial charge in [-0.1, -0.05) is 35.0 Å². The lowest BCUT2D eigenvalue weighted by Gasteiger charge is -2.32. The van der Waals surface area contributed by atoms with Crippen LogP contribution in [0.1, 0.15) is 25.8 Å². The van der Waals surface area contributed by atoms with Crippen molar-refractivity contribution in [1.29, 1.82) is 0 Å². The molecule has 6 nitrogen and oxygen atoms in total. The van der Waals surface area contributed by atoms with Gasteiger partial charge in [0.1, 0.15) is 11.7 Å². The molecule has 0 aliphatic carbocycles. The van der Waals surface area contributed by atoms with Crippen molar-refractivity contribution in [1.82, 2.24) is 5.32 Å². The van der Waals surface area contributed by atoms with Crippen molar-refractivity contribution in [2.24, 2.45) is 5.92 Å². The van der Waals surface area contributed by atoms with Crippen LogP contribution in [0.15, 0.2) is 35.4 Å². The largest absolute Gasteiger partial charge is 0.497 e. The minimum absolute atomic E-state index is 0.0318. The van der Waals surface area contributed by atoms with Crippen molar-refractivity contribution in [3.8, 4) is 5.75 Å². The number of alkyl halides is 1. The summed E-state index contributed by atoms with van der Waals surface area (Å²) in [6.07, 6.45) is 0.840. The van der Waals surface area contributed by atoms with E-state index in [4.69, 9.17) is 9.47 Å². The van der Waals surface area contributed by atoms with E-state index in [1.54, 1.807) is 26.2 Å². The Morgan fingerprint density at radius 1 is 1.19 bits per heavy atom. The third-order valence-corrected chi connectivity index (χ3v) is 5.09. The van der Waals surface area contributed by atoms with Gasteiger partial charge in [0.25, 0.3) is 0 Å². The molecule has 2 atom stereocenters. The molecule has 1 heterocycles. The van der Waals surface area contributed by atoms with E-state index < -0.39 is 17.9 Å². The van der Waals surface area contributed by atoms with Crippen molar-refractivity contribution < 1.29 is 23.9 Å². The van der Waals surface area contributed by atoms with E-state index in [9.17, 15) is 14.4 Å². The summed E-state index contributed by atoms with van der Waals surface area (Å²) in [5, 5.41) is 2.83. The molecular formula is C20H24BrNO5. The fourth-order valence-corrected chi connectivity index (χ4v) is 3.56. The molecule has 0 bridgehead atoms. The molecule has 0 fully saturated rings. The zero-order chi connectivity index (χ0) is 20.0. The summed E-state index contributed by atoms with van der Waals surface area (Å²) in [5.41, 5.74) is 1.78. The van der Waals surface area contributed by atoms with Crippen molar-refractivity contribution in [3.05, 3.63) is 41.0 Å². The first-order chi connectivity index (χ1) is 13.0. The molecule has 1 aliphatic rings. The van der Waals surface area contributed by atoms with E-state index in [0.717, 1.165) is 5.56 Å². The van der Waals surface area contributed by atoms with Crippen LogP contribution < -0.4 is 10.1 Å². The topological polar surface area (TPSA) is 81.7 Å². The monoisotopic (exact) mass is 437 g/mol. The summed E-state index contributed by atoms with van der Waals surface area (Å²) in [6, 6.07) is 6.86. The van der Waals surface area contributed by atoms with Crippen LogP contribution in [0.3, 0.4) is 0 Å². The lowest BCUT2D eigenvalue weighted by molar-refractivity contribution is -0.139. The second-order valence-corrected chi connectivity index (χ2v) is 6.75. The SMILES string of the molecule is CCOC(=O)C1=C(Cc2ccc(OC)cc2)C(C(=O)CBr)C(=O)NC1CC. The van der Waals surface area contributed by atoms with Gasteiger partial charge < -0.3 is 14.8 Å². The molecule has 1 aromatic carbocycles. The summed E-state index contributed by atoms with van der Waals surface area (Å²) in [6.45, 7) is 3.83. The number of methoxy groups -OCH3 is 1. The number of nitrogens with one attached hydrogen (secondary N) is 1. The van der Waals surface area contributed by atoms with Crippen LogP contribution in [0.5, 0.6) is 5.75 Å². The number of Topliss-reactive ketones (excluding diaryl/α,β-unsaturated/α-hetero) is 1. The summed E-state index contributed by atoms with van der Waals surface area (Å²) in [5.74, 6) is -1.44. The average Bonchev–Trinajstić information content (AvgIpc) is 2.67. The van der Waals surface area contributed by atoms with Gasteiger partial charge in [-0.25, -0.2) is 4.79 Å². The number of hydrogen-bond acceptors (Lipinski definition) is 5. The van der Waals surface area contributed by atoms with E-state index in [0.29, 0.717) is 29.7 Å². The van der Waals surface area contributed by atoms with Crippen LogP contribution in [0.4, 0.5) is 0 Å². The maximum absolute atomic E-state index is 12.7. The first-order valence-electron chi connectivity index (χ1n) is 8.88. The van der Waals surface area contributed by atoms with Gasteiger partial charge >= 0.3 is 5.97 Å². The molecule has 7 heteroatoms. The van der Waals surface area contributed by atoms with Crippen LogP contribution in [0.2, 0.25) is 0 Å². The highest BCUT2D eigenvalue weighted by Gasteiger charge is 2.41. The Balaban J connectivity index is 2.56. The zero-order valence-corrected chi connectivity index (χ0v) is 17.3. The first-order valence-corrected chi connectivity index (χ1v) is 10.0. The standard InChI is InChI=1S/C20H24BrNO5/c1-4-15-17(20(25)27-5-2)14(18(16(23)11-21)19(24)22-15)10-12-6-8-13(26-3)9-7-12/h6-9,15,18H,4-5,10-11H2,1-3H3,(H,22,24). The number of esters is 1. The Labute approximate surface area is 167 Å². The van der Waals surface area contributed by atoms with Gasteiger partial charge in [-0.3, -0.25) is 9.59 Å². The van der Waals surface area contributed by atoms with Crippen LogP contribution in [-0.4, -0.2) is 42.7 Å². The second-order valence-electron chi connectivity index (χ2n) is 6.19. The Kier molecular flexibility index (Phi) is 7.59. The number of ether oxygens (including phenoxy) is 2. The maximum atomic E-state index is 12.7. The highest BCUT2D eigenvalue weighted by atomic mass is 79.9. The fraction of sp³-hybridized carbons (Fsp3) is 0.450. The molecule has 0 spiro atoms. The van der Waals surface area contributed by atoms with Gasteiger partial charge in [0.15, 0.2) is 5.78 Å². The fourth-order valence-electron chi connectivity index (χ4n) is 3.23. The van der Waals surface area contributed by atoms with Crippen LogP contribution in [-0.2, 0) is 25.5 Å². The van der Waals surface area contributed by atoms with Crippen molar-refractivity contribution in [2.45, 2.75) is 32.7 Å². The number of ketones is 1. The highest BCUT2D eigenvalue weighted by molar-refractivity contribution is 9.09. The normalized spacial score (nSPS) is 19.5. The van der Waals surface area contributed by atoms with Crippen LogP contribution in [0, 0.1) is 5.92 Å². The zero-order valence-electron chi connectivity index (χ0n) is 15.7. The number of carbonyl (C=O) groups excluding carboxylic acids is 3. The lowest BCUT2D eigenvalue weighted by Crippen LogP contribution is -2.50. The van der Waals surface area contributed by atoms with Crippen molar-refractivity contribution >= 4 is 33.6 Å². The highest BCUT2D eigenvalue weighted by Crippen LogP contribution is 2.31. The molecule has 1 N–H and O–H groups in total. The van der Waals surface area contributed by atoms with Gasteiger partial charge in [-0.2, -0.15) is 0 Å². The molecule has 1 aromatic rings. The Morgan fingerprint density at radius 2 is 1.85 bits per heavy atom. The van der Waals surface area contributed by atoms with E-state index in [1.165, 1.54) is 0 Å². The third kappa shape index (κ3) is 4.77. The molecular weight excluding hydrogens is 414 g/mol. The van der Waals surface area contributed by atoms with E-state index in [-0.39, 0.29) is 23.6 Å². The molecule has 2 rings (SSSR count). The number of rotatable bonds is 8. The smallest absolute Gasteiger partial charge is 0.336 e. The van der Waals surface area contributed by atoms with E-state index in [1.807, 2.05) is 19.1 Å². The van der Waals surface area contributed by atoms with Crippen LogP contribution >= 0.6 is 15.9 Å². The number of hydrogen-bond donors (Lipinski definition) is 1. The Hall–Kier alpha value is -2.15. The second kappa shape index (κ2) is 9.69. The van der Waals surface area contributed by atoms with Crippen LogP contribution in [0.25, 0.3) is 0 Å². The number of halogens is 1. The quantitative estimate of drug-likeness (QED) is 0.383. The lowest BCUT2D eigenvalue weighted by atomic mass is 9.80. The summed E-state index contributed by atoms with van der Waals surface area (Å²) in [7, 11) is 1.58. The summed E-state index contributed by atoms with van der Waals surface area (Å²) in [4.78, 5) is 37.8. The molecule has 1 amide bonds. The van der Waals surface area contributed by atoms with Gasteiger partial charge in [0, 0.05) is 0 Å². The van der Waals surface area contributed by atoms with E-state index >= 15 is 0 Å². The number of carbonyl (C=O) groups is 3. The Morgan fingerprint density at radius 3 is 2.37 bits per heavy atom. The first kappa shape index (κ1) is 21.2. The van der Waals surface area contributed by atoms with E-state index in [2.05, 4.69) is 21.2 Å². The van der Waals surface area contributed by atoms with Gasteiger partial charge in [-0.05, 0) is 43.0 Å². The van der Waals surface area contributed by atoms with Gasteiger partial charge in [0.2, 0.25) is 5.91 Å². The molecule has 0 saturated carbocycles. The molecule has 0 aromatic heterocycles. The van der Waals surface area contributed by atoms with Crippen molar-refractivity contribution in [2.75, 3.05) is 19.0 Å². The average molecular weight is 438 g/mol. The molecule has 27 heavy (non-hydrogen) atoms. The molecule has 0 saturated heterocycles. The molecule has 2 unspecified atom stereocenters. The summed E-state index contributed by atoms with van der Waals surface area (Å²) < 4.78 is 10.4. The Bertz CT molecular complexity index is 741. The van der Waals surface area contributed by atoms with Crippen molar-refractivity contribution in [3.63, 3.8) is 0 Å². The third-order valence-electron chi connectivity index (χ3n) is 4.53. The van der Waals surface area contributed by atoms with Gasteiger partial charge in [-0.15, -0.1) is 0 Å². The minimum Gasteiger partial charge on any atom is -0.497 e. The predicted octanol–water partition coefficient (Wildman–Crippen LogP) is 2.59. The maximum Gasteiger partial charge on any atom is 0.336 e. The predicted molar refractivity (Wildman–Crippen MR) is 105 cm³/mol. The van der Waals surface area contributed by atoms with Gasteiger partial charge in [0.05, 0.1) is 30.7 Å². The molecule has 146 valence electrons.